The molecule has 4 N–H and O–H groups in total. The van der Waals surface area contributed by atoms with Gasteiger partial charge in [-0.05, 0) is 32.6 Å². The van der Waals surface area contributed by atoms with Crippen molar-refractivity contribution in [1.82, 2.24) is 20.6 Å². The van der Waals surface area contributed by atoms with Crippen LogP contribution in [-0.4, -0.2) is 40.4 Å². The van der Waals surface area contributed by atoms with Gasteiger partial charge in [0.1, 0.15) is 5.69 Å². The molecule has 1 fully saturated rings. The zero-order valence-electron chi connectivity index (χ0n) is 12.8. The Labute approximate surface area is 130 Å². The van der Waals surface area contributed by atoms with Gasteiger partial charge in [0.2, 0.25) is 5.91 Å². The molecule has 0 bridgehead atoms. The van der Waals surface area contributed by atoms with Crippen molar-refractivity contribution >= 4 is 11.8 Å². The smallest absolute Gasteiger partial charge is 0.271 e. The van der Waals surface area contributed by atoms with Gasteiger partial charge >= 0.3 is 0 Å². The number of aromatic nitrogens is 2. The van der Waals surface area contributed by atoms with Crippen molar-refractivity contribution in [3.8, 4) is 0 Å². The van der Waals surface area contributed by atoms with Gasteiger partial charge in [-0.1, -0.05) is 0 Å². The molecule has 1 aromatic rings. The number of carbonyl (C=O) groups excluding carboxylic acids is 2. The predicted octanol–water partition coefficient (Wildman–Crippen LogP) is 0.291. The first-order chi connectivity index (χ1) is 10.6. The molecule has 0 aliphatic heterocycles. The van der Waals surface area contributed by atoms with Crippen LogP contribution in [0.1, 0.15) is 48.3 Å². The third kappa shape index (κ3) is 4.77. The summed E-state index contributed by atoms with van der Waals surface area (Å²) < 4.78 is 0. The van der Waals surface area contributed by atoms with E-state index in [-0.39, 0.29) is 23.9 Å². The second-order valence-corrected chi connectivity index (χ2v) is 5.67. The van der Waals surface area contributed by atoms with E-state index in [2.05, 4.69) is 20.6 Å². The van der Waals surface area contributed by atoms with Crippen molar-refractivity contribution in [2.45, 2.75) is 51.1 Å². The summed E-state index contributed by atoms with van der Waals surface area (Å²) in [6.45, 7) is 2.20. The van der Waals surface area contributed by atoms with Crippen LogP contribution >= 0.6 is 0 Å². The number of carbonyl (C=O) groups is 2. The molecule has 1 saturated carbocycles. The number of hydrogen-bond acceptors (Lipinski definition) is 5. The molecule has 1 aromatic heterocycles. The number of hydrogen-bond donors (Lipinski definition) is 3. The van der Waals surface area contributed by atoms with Crippen molar-refractivity contribution in [1.29, 1.82) is 0 Å². The van der Waals surface area contributed by atoms with Crippen LogP contribution in [0.5, 0.6) is 0 Å². The Morgan fingerprint density at radius 2 is 1.77 bits per heavy atom. The summed E-state index contributed by atoms with van der Waals surface area (Å²) in [5, 5.41) is 5.96. The summed E-state index contributed by atoms with van der Waals surface area (Å²) in [7, 11) is 0. The van der Waals surface area contributed by atoms with Crippen LogP contribution < -0.4 is 16.4 Å². The second-order valence-electron chi connectivity index (χ2n) is 5.67. The third-order valence-corrected chi connectivity index (χ3v) is 3.81. The zero-order chi connectivity index (χ0) is 15.9. The first kappa shape index (κ1) is 16.4. The van der Waals surface area contributed by atoms with E-state index in [0.717, 1.165) is 31.4 Å². The highest BCUT2D eigenvalue weighted by molar-refractivity contribution is 5.92. The SMILES string of the molecule is Cc1cnc(C(=O)N[C@H]2CC[C@H](NC(=O)CCN)CC2)cn1. The molecule has 1 aliphatic carbocycles. The summed E-state index contributed by atoms with van der Waals surface area (Å²) in [5.41, 5.74) is 6.48. The van der Waals surface area contributed by atoms with Gasteiger partial charge in [-0.25, -0.2) is 4.98 Å². The summed E-state index contributed by atoms with van der Waals surface area (Å²) in [4.78, 5) is 31.7. The minimum absolute atomic E-state index is 0.00455. The van der Waals surface area contributed by atoms with Crippen LogP contribution in [0.25, 0.3) is 0 Å². The average molecular weight is 305 g/mol. The van der Waals surface area contributed by atoms with Crippen LogP contribution in [0.3, 0.4) is 0 Å². The van der Waals surface area contributed by atoms with Crippen molar-refractivity contribution in [3.63, 3.8) is 0 Å². The van der Waals surface area contributed by atoms with E-state index in [9.17, 15) is 9.59 Å². The van der Waals surface area contributed by atoms with E-state index in [0.29, 0.717) is 18.7 Å². The maximum absolute atomic E-state index is 12.1. The number of nitrogens with two attached hydrogens (primary N) is 1. The van der Waals surface area contributed by atoms with Crippen molar-refractivity contribution in [3.05, 3.63) is 23.8 Å². The highest BCUT2D eigenvalue weighted by atomic mass is 16.2. The normalized spacial score (nSPS) is 21.2. The van der Waals surface area contributed by atoms with Crippen molar-refractivity contribution in [2.75, 3.05) is 6.54 Å². The summed E-state index contributed by atoms with van der Waals surface area (Å²) in [5.74, 6) is -0.187. The van der Waals surface area contributed by atoms with Crippen molar-refractivity contribution in [2.24, 2.45) is 5.73 Å². The molecule has 0 radical (unpaired) electrons. The molecule has 7 nitrogen and oxygen atoms in total. The summed E-state index contributed by atoms with van der Waals surface area (Å²) in [6, 6.07) is 0.310. The first-order valence-corrected chi connectivity index (χ1v) is 7.67. The highest BCUT2D eigenvalue weighted by Crippen LogP contribution is 2.19. The fourth-order valence-electron chi connectivity index (χ4n) is 2.58. The van der Waals surface area contributed by atoms with Crippen LogP contribution in [0.4, 0.5) is 0 Å². The largest absolute Gasteiger partial charge is 0.353 e. The lowest BCUT2D eigenvalue weighted by Crippen LogP contribution is -2.44. The van der Waals surface area contributed by atoms with Gasteiger partial charge in [-0.15, -0.1) is 0 Å². The van der Waals surface area contributed by atoms with Crippen LogP contribution in [0.2, 0.25) is 0 Å². The quantitative estimate of drug-likeness (QED) is 0.724. The number of aryl methyl sites for hydroxylation is 1. The van der Waals surface area contributed by atoms with E-state index in [1.807, 2.05) is 6.92 Å². The first-order valence-electron chi connectivity index (χ1n) is 7.67. The fourth-order valence-corrected chi connectivity index (χ4v) is 2.58. The molecular weight excluding hydrogens is 282 g/mol. The van der Waals surface area contributed by atoms with Gasteiger partial charge in [0.15, 0.2) is 0 Å². The lowest BCUT2D eigenvalue weighted by Gasteiger charge is -2.29. The van der Waals surface area contributed by atoms with Gasteiger partial charge in [-0.3, -0.25) is 14.6 Å². The minimum Gasteiger partial charge on any atom is -0.353 e. The maximum Gasteiger partial charge on any atom is 0.271 e. The number of nitrogens with one attached hydrogen (secondary N) is 2. The molecular formula is C15H23N5O2. The number of nitrogens with zero attached hydrogens (tertiary/aromatic N) is 2. The molecule has 2 amide bonds. The maximum atomic E-state index is 12.1. The average Bonchev–Trinajstić information content (AvgIpc) is 2.50. The molecule has 120 valence electrons. The molecule has 22 heavy (non-hydrogen) atoms. The zero-order valence-corrected chi connectivity index (χ0v) is 12.8. The van der Waals surface area contributed by atoms with Gasteiger partial charge < -0.3 is 16.4 Å². The van der Waals surface area contributed by atoms with Crippen LogP contribution in [-0.2, 0) is 4.79 Å². The summed E-state index contributed by atoms with van der Waals surface area (Å²) >= 11 is 0. The van der Waals surface area contributed by atoms with E-state index in [4.69, 9.17) is 5.73 Å². The Morgan fingerprint density at radius 3 is 2.32 bits per heavy atom. The van der Waals surface area contributed by atoms with Crippen molar-refractivity contribution < 1.29 is 9.59 Å². The lowest BCUT2D eigenvalue weighted by molar-refractivity contribution is -0.121. The second kappa shape index (κ2) is 7.84. The molecule has 1 aliphatic rings. The Morgan fingerprint density at radius 1 is 1.14 bits per heavy atom. The van der Waals surface area contributed by atoms with E-state index < -0.39 is 0 Å². The molecule has 1 heterocycles. The van der Waals surface area contributed by atoms with Crippen LogP contribution in [0, 0.1) is 6.92 Å². The minimum atomic E-state index is -0.192. The third-order valence-electron chi connectivity index (χ3n) is 3.81. The van der Waals surface area contributed by atoms with Gasteiger partial charge in [0.25, 0.3) is 5.91 Å². The molecule has 0 unspecified atom stereocenters. The Kier molecular flexibility index (Phi) is 5.83. The lowest BCUT2D eigenvalue weighted by atomic mass is 9.91. The van der Waals surface area contributed by atoms with Gasteiger partial charge in [0, 0.05) is 31.2 Å². The fraction of sp³-hybridized carbons (Fsp3) is 0.600. The van der Waals surface area contributed by atoms with E-state index in [1.165, 1.54) is 6.20 Å². The molecule has 2 rings (SSSR count). The number of amides is 2. The number of rotatable bonds is 5. The molecule has 0 spiro atoms. The Hall–Kier alpha value is -2.02. The van der Waals surface area contributed by atoms with Crippen LogP contribution in [0.15, 0.2) is 12.4 Å². The highest BCUT2D eigenvalue weighted by Gasteiger charge is 2.24. The summed E-state index contributed by atoms with van der Waals surface area (Å²) in [6.07, 6.45) is 6.85. The monoisotopic (exact) mass is 305 g/mol. The molecule has 0 saturated heterocycles. The molecule has 0 aromatic carbocycles. The van der Waals surface area contributed by atoms with E-state index in [1.54, 1.807) is 6.20 Å². The topological polar surface area (TPSA) is 110 Å². The molecule has 0 atom stereocenters. The van der Waals surface area contributed by atoms with Gasteiger partial charge in [0.05, 0.1) is 11.9 Å². The predicted molar refractivity (Wildman–Crippen MR) is 82.1 cm³/mol. The molecule has 7 heteroatoms. The standard InChI is InChI=1S/C15H23N5O2/c1-10-8-18-13(9-17-10)15(22)20-12-4-2-11(3-5-12)19-14(21)6-7-16/h8-9,11-12H,2-7,16H2,1H3,(H,19,21)(H,20,22)/t11-,12-. The van der Waals surface area contributed by atoms with Gasteiger partial charge in [-0.2, -0.15) is 0 Å². The van der Waals surface area contributed by atoms with E-state index >= 15 is 0 Å². The Balaban J connectivity index is 1.76. The Bertz CT molecular complexity index is 509.